The summed E-state index contributed by atoms with van der Waals surface area (Å²) >= 11 is 0. The van der Waals surface area contributed by atoms with E-state index in [1.165, 1.54) is 19.3 Å². The monoisotopic (exact) mass is 194 g/mol. The zero-order valence-electron chi connectivity index (χ0n) is 8.99. The van der Waals surface area contributed by atoms with Gasteiger partial charge in [-0.3, -0.25) is 4.79 Å². The SMILES string of the molecule is CCC(C#N)C(=O)N(C)CC1CCC1. The van der Waals surface area contributed by atoms with Gasteiger partial charge in [0.1, 0.15) is 5.92 Å². The Labute approximate surface area is 85.7 Å². The van der Waals surface area contributed by atoms with Crippen LogP contribution in [0.15, 0.2) is 0 Å². The van der Waals surface area contributed by atoms with Crippen molar-refractivity contribution in [3.63, 3.8) is 0 Å². The van der Waals surface area contributed by atoms with Crippen molar-refractivity contribution in [3.8, 4) is 6.07 Å². The third-order valence-electron chi connectivity index (χ3n) is 3.00. The Hall–Kier alpha value is -1.04. The molecule has 1 amide bonds. The van der Waals surface area contributed by atoms with E-state index in [9.17, 15) is 4.79 Å². The second-order valence-electron chi connectivity index (χ2n) is 4.11. The number of nitriles is 1. The van der Waals surface area contributed by atoms with Crippen LogP contribution in [0, 0.1) is 23.2 Å². The second-order valence-corrected chi connectivity index (χ2v) is 4.11. The second kappa shape index (κ2) is 4.99. The molecule has 0 spiro atoms. The van der Waals surface area contributed by atoms with Gasteiger partial charge in [-0.25, -0.2) is 0 Å². The number of carbonyl (C=O) groups is 1. The standard InChI is InChI=1S/C11H18N2O/c1-3-10(7-12)11(14)13(2)8-9-5-4-6-9/h9-10H,3-6,8H2,1-2H3. The molecule has 3 heteroatoms. The Bertz CT molecular complexity index is 240. The molecule has 0 aromatic carbocycles. The van der Waals surface area contributed by atoms with Crippen molar-refractivity contribution >= 4 is 5.91 Å². The first kappa shape index (κ1) is 11.0. The maximum atomic E-state index is 11.7. The predicted octanol–water partition coefficient (Wildman–Crippen LogP) is 1.79. The molecule has 0 N–H and O–H groups in total. The fourth-order valence-corrected chi connectivity index (χ4v) is 1.74. The summed E-state index contributed by atoms with van der Waals surface area (Å²) in [6, 6.07) is 2.05. The van der Waals surface area contributed by atoms with Gasteiger partial charge in [-0.05, 0) is 25.2 Å². The molecule has 78 valence electrons. The van der Waals surface area contributed by atoms with Crippen molar-refractivity contribution in [2.75, 3.05) is 13.6 Å². The van der Waals surface area contributed by atoms with Crippen LogP contribution in [0.25, 0.3) is 0 Å². The van der Waals surface area contributed by atoms with Gasteiger partial charge in [-0.1, -0.05) is 13.3 Å². The molecule has 14 heavy (non-hydrogen) atoms. The van der Waals surface area contributed by atoms with E-state index in [4.69, 9.17) is 5.26 Å². The molecular formula is C11H18N2O. The largest absolute Gasteiger partial charge is 0.344 e. The van der Waals surface area contributed by atoms with Gasteiger partial charge in [0.05, 0.1) is 6.07 Å². The van der Waals surface area contributed by atoms with Gasteiger partial charge in [0.15, 0.2) is 0 Å². The van der Waals surface area contributed by atoms with Crippen molar-refractivity contribution in [1.82, 2.24) is 4.90 Å². The molecule has 1 aliphatic carbocycles. The van der Waals surface area contributed by atoms with E-state index in [0.29, 0.717) is 12.3 Å². The van der Waals surface area contributed by atoms with Crippen molar-refractivity contribution in [3.05, 3.63) is 0 Å². The Morgan fingerprint density at radius 1 is 1.64 bits per heavy atom. The minimum atomic E-state index is -0.444. The summed E-state index contributed by atoms with van der Waals surface area (Å²) in [6.07, 6.45) is 4.38. The van der Waals surface area contributed by atoms with E-state index in [1.807, 2.05) is 6.92 Å². The quantitative estimate of drug-likeness (QED) is 0.685. The molecule has 0 saturated heterocycles. The highest BCUT2D eigenvalue weighted by atomic mass is 16.2. The molecule has 1 saturated carbocycles. The van der Waals surface area contributed by atoms with Crippen LogP contribution in [0.2, 0.25) is 0 Å². The van der Waals surface area contributed by atoms with Crippen LogP contribution in [-0.4, -0.2) is 24.4 Å². The van der Waals surface area contributed by atoms with E-state index in [2.05, 4.69) is 6.07 Å². The van der Waals surface area contributed by atoms with Crippen molar-refractivity contribution in [2.24, 2.45) is 11.8 Å². The lowest BCUT2D eigenvalue weighted by Crippen LogP contribution is -2.37. The van der Waals surface area contributed by atoms with Gasteiger partial charge in [0.25, 0.3) is 0 Å². The third kappa shape index (κ3) is 2.47. The first-order valence-electron chi connectivity index (χ1n) is 5.33. The smallest absolute Gasteiger partial charge is 0.239 e. The molecular weight excluding hydrogens is 176 g/mol. The number of hydrogen-bond acceptors (Lipinski definition) is 2. The summed E-state index contributed by atoms with van der Waals surface area (Å²) < 4.78 is 0. The van der Waals surface area contributed by atoms with Crippen LogP contribution in [0.3, 0.4) is 0 Å². The molecule has 0 bridgehead atoms. The van der Waals surface area contributed by atoms with Gasteiger partial charge in [0, 0.05) is 13.6 Å². The minimum absolute atomic E-state index is 0.0121. The summed E-state index contributed by atoms with van der Waals surface area (Å²) in [5, 5.41) is 8.75. The molecule has 0 aliphatic heterocycles. The molecule has 0 aromatic rings. The third-order valence-corrected chi connectivity index (χ3v) is 3.00. The molecule has 1 atom stereocenters. The maximum Gasteiger partial charge on any atom is 0.239 e. The minimum Gasteiger partial charge on any atom is -0.344 e. The van der Waals surface area contributed by atoms with E-state index in [-0.39, 0.29) is 5.91 Å². The van der Waals surface area contributed by atoms with Crippen LogP contribution in [0.1, 0.15) is 32.6 Å². The predicted molar refractivity (Wildman–Crippen MR) is 54.4 cm³/mol. The van der Waals surface area contributed by atoms with Gasteiger partial charge in [-0.2, -0.15) is 5.26 Å². The van der Waals surface area contributed by atoms with E-state index >= 15 is 0 Å². The Morgan fingerprint density at radius 3 is 2.64 bits per heavy atom. The van der Waals surface area contributed by atoms with Crippen molar-refractivity contribution in [2.45, 2.75) is 32.6 Å². The van der Waals surface area contributed by atoms with E-state index in [1.54, 1.807) is 11.9 Å². The van der Waals surface area contributed by atoms with Crippen molar-refractivity contribution < 1.29 is 4.79 Å². The highest BCUT2D eigenvalue weighted by molar-refractivity contribution is 5.80. The number of nitrogens with zero attached hydrogens (tertiary/aromatic N) is 2. The average Bonchev–Trinajstić information content (AvgIpc) is 2.12. The van der Waals surface area contributed by atoms with Gasteiger partial charge in [-0.15, -0.1) is 0 Å². The average molecular weight is 194 g/mol. The lowest BCUT2D eigenvalue weighted by molar-refractivity contribution is -0.133. The van der Waals surface area contributed by atoms with Crippen LogP contribution >= 0.6 is 0 Å². The molecule has 3 nitrogen and oxygen atoms in total. The first-order chi connectivity index (χ1) is 6.69. The molecule has 1 unspecified atom stereocenters. The zero-order valence-corrected chi connectivity index (χ0v) is 8.99. The van der Waals surface area contributed by atoms with Crippen LogP contribution < -0.4 is 0 Å². The highest BCUT2D eigenvalue weighted by Gasteiger charge is 2.24. The number of rotatable bonds is 4. The highest BCUT2D eigenvalue weighted by Crippen LogP contribution is 2.27. The number of hydrogen-bond donors (Lipinski definition) is 0. The van der Waals surface area contributed by atoms with Crippen LogP contribution in [0.4, 0.5) is 0 Å². The fraction of sp³-hybridized carbons (Fsp3) is 0.818. The molecule has 1 fully saturated rings. The topological polar surface area (TPSA) is 44.1 Å². The normalized spacial score (nSPS) is 18.1. The van der Waals surface area contributed by atoms with Gasteiger partial charge < -0.3 is 4.90 Å². The van der Waals surface area contributed by atoms with Crippen LogP contribution in [0.5, 0.6) is 0 Å². The van der Waals surface area contributed by atoms with E-state index < -0.39 is 5.92 Å². The van der Waals surface area contributed by atoms with Crippen LogP contribution in [-0.2, 0) is 4.79 Å². The summed E-state index contributed by atoms with van der Waals surface area (Å²) in [5.41, 5.74) is 0. The maximum absolute atomic E-state index is 11.7. The molecule has 1 rings (SSSR count). The van der Waals surface area contributed by atoms with E-state index in [0.717, 1.165) is 6.54 Å². The molecule has 0 heterocycles. The summed E-state index contributed by atoms with van der Waals surface area (Å²) in [6.45, 7) is 2.71. The summed E-state index contributed by atoms with van der Waals surface area (Å²) in [5.74, 6) is 0.224. The summed E-state index contributed by atoms with van der Waals surface area (Å²) in [4.78, 5) is 13.4. The Kier molecular flexibility index (Phi) is 3.94. The zero-order chi connectivity index (χ0) is 10.6. The molecule has 0 radical (unpaired) electrons. The lowest BCUT2D eigenvalue weighted by Gasteiger charge is -2.30. The number of amides is 1. The summed E-state index contributed by atoms with van der Waals surface area (Å²) in [7, 11) is 1.81. The first-order valence-corrected chi connectivity index (χ1v) is 5.33. The molecule has 1 aliphatic rings. The van der Waals surface area contributed by atoms with Gasteiger partial charge >= 0.3 is 0 Å². The van der Waals surface area contributed by atoms with Gasteiger partial charge in [0.2, 0.25) is 5.91 Å². The Morgan fingerprint density at radius 2 is 2.29 bits per heavy atom. The number of carbonyl (C=O) groups excluding carboxylic acids is 1. The molecule has 0 aromatic heterocycles. The fourth-order valence-electron chi connectivity index (χ4n) is 1.74. The van der Waals surface area contributed by atoms with Crippen molar-refractivity contribution in [1.29, 1.82) is 5.26 Å². The lowest BCUT2D eigenvalue weighted by atomic mass is 9.85. The Balaban J connectivity index is 2.38.